The summed E-state index contributed by atoms with van der Waals surface area (Å²) in [5, 5.41) is 24.0. The molecule has 2 aromatic rings. The molecule has 132 valence electrons. The number of aryl methyl sites for hydroxylation is 1. The SMILES string of the molecule is Cc1ccccc1[C@H]1C[C@@H](O)[C@@H](O)[C@@H]1NC(=O)Cc1ccc(Cl)cc1. The fraction of sp³-hybridized carbons (Fsp3) is 0.350. The number of nitrogens with one attached hydrogen (secondary N) is 1. The number of rotatable bonds is 4. The van der Waals surface area contributed by atoms with Crippen LogP contribution in [0.5, 0.6) is 0 Å². The molecule has 25 heavy (non-hydrogen) atoms. The molecule has 0 bridgehead atoms. The lowest BCUT2D eigenvalue weighted by Crippen LogP contribution is -2.45. The monoisotopic (exact) mass is 359 g/mol. The lowest BCUT2D eigenvalue weighted by atomic mass is 9.90. The van der Waals surface area contributed by atoms with E-state index in [2.05, 4.69) is 5.32 Å². The Hall–Kier alpha value is -1.88. The number of amides is 1. The van der Waals surface area contributed by atoms with Crippen molar-refractivity contribution in [2.24, 2.45) is 0 Å². The molecule has 3 N–H and O–H groups in total. The molecule has 1 amide bonds. The molecule has 1 aliphatic rings. The second-order valence-electron chi connectivity index (χ2n) is 6.65. The largest absolute Gasteiger partial charge is 0.390 e. The number of aliphatic hydroxyl groups excluding tert-OH is 2. The van der Waals surface area contributed by atoms with Crippen LogP contribution in [0.1, 0.15) is 29.0 Å². The van der Waals surface area contributed by atoms with Gasteiger partial charge in [-0.05, 0) is 42.2 Å². The number of carbonyl (C=O) groups is 1. The molecular weight excluding hydrogens is 338 g/mol. The van der Waals surface area contributed by atoms with Gasteiger partial charge in [0.1, 0.15) is 6.10 Å². The van der Waals surface area contributed by atoms with Crippen molar-refractivity contribution in [3.63, 3.8) is 0 Å². The molecule has 1 fully saturated rings. The minimum Gasteiger partial charge on any atom is -0.390 e. The van der Waals surface area contributed by atoms with Crippen LogP contribution in [0.25, 0.3) is 0 Å². The van der Waals surface area contributed by atoms with E-state index in [1.807, 2.05) is 31.2 Å². The van der Waals surface area contributed by atoms with Crippen LogP contribution in [0.15, 0.2) is 48.5 Å². The van der Waals surface area contributed by atoms with Crippen molar-refractivity contribution in [1.82, 2.24) is 5.32 Å². The second kappa shape index (κ2) is 7.56. The molecule has 1 saturated carbocycles. The van der Waals surface area contributed by atoms with E-state index in [9.17, 15) is 15.0 Å². The molecule has 0 aliphatic heterocycles. The number of benzene rings is 2. The van der Waals surface area contributed by atoms with Crippen LogP contribution in [0.4, 0.5) is 0 Å². The van der Waals surface area contributed by atoms with Crippen LogP contribution in [0.3, 0.4) is 0 Å². The van der Waals surface area contributed by atoms with Crippen LogP contribution < -0.4 is 5.32 Å². The van der Waals surface area contributed by atoms with Crippen LogP contribution in [-0.2, 0) is 11.2 Å². The van der Waals surface area contributed by atoms with Crippen molar-refractivity contribution in [2.45, 2.75) is 43.9 Å². The van der Waals surface area contributed by atoms with Crippen LogP contribution in [0.2, 0.25) is 5.02 Å². The minimum absolute atomic E-state index is 0.111. The molecule has 0 unspecified atom stereocenters. The van der Waals surface area contributed by atoms with Gasteiger partial charge in [-0.1, -0.05) is 48.0 Å². The smallest absolute Gasteiger partial charge is 0.224 e. The van der Waals surface area contributed by atoms with Crippen LogP contribution >= 0.6 is 11.6 Å². The third kappa shape index (κ3) is 4.03. The Kier molecular flexibility index (Phi) is 5.42. The van der Waals surface area contributed by atoms with Gasteiger partial charge in [0.15, 0.2) is 0 Å². The zero-order valence-electron chi connectivity index (χ0n) is 14.0. The fourth-order valence-electron chi connectivity index (χ4n) is 3.56. The average Bonchev–Trinajstić information content (AvgIpc) is 2.85. The predicted octanol–water partition coefficient (Wildman–Crippen LogP) is 2.59. The highest BCUT2D eigenvalue weighted by Crippen LogP contribution is 2.36. The molecule has 0 aromatic heterocycles. The third-order valence-corrected chi connectivity index (χ3v) is 5.14. The van der Waals surface area contributed by atoms with Gasteiger partial charge in [0.25, 0.3) is 0 Å². The van der Waals surface area contributed by atoms with Crippen molar-refractivity contribution in [2.75, 3.05) is 0 Å². The Bertz CT molecular complexity index is 747. The molecule has 2 aromatic carbocycles. The zero-order chi connectivity index (χ0) is 18.0. The summed E-state index contributed by atoms with van der Waals surface area (Å²) in [6, 6.07) is 14.5. The lowest BCUT2D eigenvalue weighted by molar-refractivity contribution is -0.122. The molecule has 0 heterocycles. The number of hydrogen-bond acceptors (Lipinski definition) is 3. The summed E-state index contributed by atoms with van der Waals surface area (Å²) < 4.78 is 0. The summed E-state index contributed by atoms with van der Waals surface area (Å²) in [7, 11) is 0. The van der Waals surface area contributed by atoms with E-state index in [4.69, 9.17) is 11.6 Å². The molecule has 5 heteroatoms. The van der Waals surface area contributed by atoms with E-state index >= 15 is 0 Å². The van der Waals surface area contributed by atoms with Crippen molar-refractivity contribution >= 4 is 17.5 Å². The predicted molar refractivity (Wildman–Crippen MR) is 97.6 cm³/mol. The summed E-state index contributed by atoms with van der Waals surface area (Å²) in [5.74, 6) is -0.292. The van der Waals surface area contributed by atoms with Gasteiger partial charge in [0.2, 0.25) is 5.91 Å². The molecule has 4 atom stereocenters. The van der Waals surface area contributed by atoms with E-state index in [0.29, 0.717) is 11.4 Å². The van der Waals surface area contributed by atoms with Gasteiger partial charge in [-0.3, -0.25) is 4.79 Å². The Morgan fingerprint density at radius 1 is 1.16 bits per heavy atom. The van der Waals surface area contributed by atoms with E-state index in [1.54, 1.807) is 24.3 Å². The van der Waals surface area contributed by atoms with E-state index in [1.165, 1.54) is 0 Å². The van der Waals surface area contributed by atoms with E-state index < -0.39 is 18.2 Å². The summed E-state index contributed by atoms with van der Waals surface area (Å²) in [5.41, 5.74) is 2.99. The van der Waals surface area contributed by atoms with Gasteiger partial charge >= 0.3 is 0 Å². The lowest BCUT2D eigenvalue weighted by Gasteiger charge is -2.25. The maximum absolute atomic E-state index is 12.4. The van der Waals surface area contributed by atoms with Gasteiger partial charge in [0, 0.05) is 10.9 Å². The first-order valence-electron chi connectivity index (χ1n) is 8.41. The Morgan fingerprint density at radius 2 is 1.84 bits per heavy atom. The standard InChI is InChI=1S/C20H22ClNO3/c1-12-4-2-3-5-15(12)16-11-17(23)20(25)19(16)22-18(24)10-13-6-8-14(21)9-7-13/h2-9,16-17,19-20,23,25H,10-11H2,1H3,(H,22,24)/t16-,17-,19-,20-/m1/s1. The molecule has 0 radical (unpaired) electrons. The maximum Gasteiger partial charge on any atom is 0.224 e. The summed E-state index contributed by atoms with van der Waals surface area (Å²) in [4.78, 5) is 12.4. The zero-order valence-corrected chi connectivity index (χ0v) is 14.8. The Labute approximate surface area is 152 Å². The Morgan fingerprint density at radius 3 is 2.52 bits per heavy atom. The van der Waals surface area contributed by atoms with Crippen LogP contribution in [0, 0.1) is 6.92 Å². The molecule has 3 rings (SSSR count). The summed E-state index contributed by atoms with van der Waals surface area (Å²) in [6.45, 7) is 2.00. The summed E-state index contributed by atoms with van der Waals surface area (Å²) in [6.07, 6.45) is -1.18. The maximum atomic E-state index is 12.4. The number of aliphatic hydroxyl groups is 2. The van der Waals surface area contributed by atoms with Gasteiger partial charge in [-0.25, -0.2) is 0 Å². The minimum atomic E-state index is -0.973. The summed E-state index contributed by atoms with van der Waals surface area (Å²) >= 11 is 5.86. The number of hydrogen-bond donors (Lipinski definition) is 3. The van der Waals surface area contributed by atoms with Gasteiger partial charge in [-0.15, -0.1) is 0 Å². The molecule has 1 aliphatic carbocycles. The highest BCUT2D eigenvalue weighted by Gasteiger charge is 2.43. The highest BCUT2D eigenvalue weighted by atomic mass is 35.5. The Balaban J connectivity index is 1.75. The van der Waals surface area contributed by atoms with Gasteiger partial charge < -0.3 is 15.5 Å². The number of halogens is 1. The molecular formula is C20H22ClNO3. The fourth-order valence-corrected chi connectivity index (χ4v) is 3.68. The average molecular weight is 360 g/mol. The third-order valence-electron chi connectivity index (χ3n) is 4.88. The molecule has 4 nitrogen and oxygen atoms in total. The van der Waals surface area contributed by atoms with Crippen molar-refractivity contribution < 1.29 is 15.0 Å². The van der Waals surface area contributed by atoms with E-state index in [-0.39, 0.29) is 18.2 Å². The normalized spacial score (nSPS) is 25.8. The molecule has 0 spiro atoms. The highest BCUT2D eigenvalue weighted by molar-refractivity contribution is 6.30. The topological polar surface area (TPSA) is 69.6 Å². The van der Waals surface area contributed by atoms with Gasteiger partial charge in [-0.2, -0.15) is 0 Å². The van der Waals surface area contributed by atoms with Crippen molar-refractivity contribution in [1.29, 1.82) is 0 Å². The van der Waals surface area contributed by atoms with Crippen molar-refractivity contribution in [3.8, 4) is 0 Å². The second-order valence-corrected chi connectivity index (χ2v) is 7.09. The first-order chi connectivity index (χ1) is 12.0. The number of carbonyl (C=O) groups excluding carboxylic acids is 1. The van der Waals surface area contributed by atoms with Crippen molar-refractivity contribution in [3.05, 3.63) is 70.2 Å². The van der Waals surface area contributed by atoms with Crippen LogP contribution in [-0.4, -0.2) is 34.4 Å². The quantitative estimate of drug-likeness (QED) is 0.785. The first kappa shape index (κ1) is 17.9. The molecule has 0 saturated heterocycles. The first-order valence-corrected chi connectivity index (χ1v) is 8.79. The van der Waals surface area contributed by atoms with Gasteiger partial charge in [0.05, 0.1) is 18.6 Å². The van der Waals surface area contributed by atoms with E-state index in [0.717, 1.165) is 16.7 Å².